The van der Waals surface area contributed by atoms with Gasteiger partial charge < -0.3 is 10.7 Å². The lowest BCUT2D eigenvalue weighted by molar-refractivity contribution is 0.508. The van der Waals surface area contributed by atoms with E-state index in [0.29, 0.717) is 5.92 Å². The monoisotopic (exact) mass is 217 g/mol. The lowest BCUT2D eigenvalue weighted by Crippen LogP contribution is -2.16. The second kappa shape index (κ2) is 4.66. The molecule has 86 valence electrons. The van der Waals surface area contributed by atoms with E-state index in [0.717, 1.165) is 36.2 Å². The molecular weight excluding hydrogens is 198 g/mol. The Kier molecular flexibility index (Phi) is 3.25. The predicted molar refractivity (Wildman–Crippen MR) is 67.4 cm³/mol. The van der Waals surface area contributed by atoms with Crippen LogP contribution >= 0.6 is 0 Å². The van der Waals surface area contributed by atoms with Crippen LogP contribution in [0.4, 0.5) is 0 Å². The minimum atomic E-state index is 0.529. The number of rotatable bonds is 4. The van der Waals surface area contributed by atoms with Gasteiger partial charge in [0, 0.05) is 6.42 Å². The molecule has 0 aliphatic heterocycles. The van der Waals surface area contributed by atoms with E-state index in [-0.39, 0.29) is 0 Å². The summed E-state index contributed by atoms with van der Waals surface area (Å²) in [4.78, 5) is 8.01. The first-order valence-corrected chi connectivity index (χ1v) is 5.88. The summed E-state index contributed by atoms with van der Waals surface area (Å²) in [7, 11) is 0. The Labute approximate surface area is 96.1 Å². The molecule has 2 rings (SSSR count). The third kappa shape index (κ3) is 2.09. The largest absolute Gasteiger partial charge is 0.342 e. The van der Waals surface area contributed by atoms with Gasteiger partial charge in [-0.05, 0) is 31.0 Å². The Morgan fingerprint density at radius 3 is 2.88 bits per heavy atom. The maximum absolute atomic E-state index is 5.71. The predicted octanol–water partition coefficient (Wildman–Crippen LogP) is 2.40. The van der Waals surface area contributed by atoms with E-state index >= 15 is 0 Å². The first kappa shape index (κ1) is 11.1. The molecule has 16 heavy (non-hydrogen) atoms. The average Bonchev–Trinajstić information content (AvgIpc) is 2.70. The van der Waals surface area contributed by atoms with Crippen molar-refractivity contribution in [1.29, 1.82) is 0 Å². The smallest absolute Gasteiger partial charge is 0.107 e. The molecule has 0 aliphatic carbocycles. The van der Waals surface area contributed by atoms with Crippen molar-refractivity contribution in [3.05, 3.63) is 29.6 Å². The number of aryl methyl sites for hydroxylation is 1. The highest BCUT2D eigenvalue weighted by molar-refractivity contribution is 5.78. The maximum Gasteiger partial charge on any atom is 0.107 e. The van der Waals surface area contributed by atoms with Crippen LogP contribution in [0.3, 0.4) is 0 Å². The van der Waals surface area contributed by atoms with Gasteiger partial charge in [0.2, 0.25) is 0 Å². The van der Waals surface area contributed by atoms with Crippen molar-refractivity contribution >= 4 is 11.0 Å². The van der Waals surface area contributed by atoms with Crippen molar-refractivity contribution in [1.82, 2.24) is 9.97 Å². The Balaban J connectivity index is 2.29. The average molecular weight is 217 g/mol. The number of hydrogen-bond donors (Lipinski definition) is 2. The van der Waals surface area contributed by atoms with Gasteiger partial charge >= 0.3 is 0 Å². The Hall–Kier alpha value is -1.35. The number of aromatic nitrogens is 2. The molecule has 0 spiro atoms. The lowest BCUT2D eigenvalue weighted by Gasteiger charge is -2.08. The van der Waals surface area contributed by atoms with Gasteiger partial charge in [-0.2, -0.15) is 0 Å². The number of imidazole rings is 1. The number of fused-ring (bicyclic) bond motifs is 1. The van der Waals surface area contributed by atoms with E-state index in [1.54, 1.807) is 0 Å². The first-order valence-electron chi connectivity index (χ1n) is 5.88. The highest BCUT2D eigenvalue weighted by atomic mass is 14.9. The number of aromatic amines is 1. The van der Waals surface area contributed by atoms with Crippen LogP contribution in [0.15, 0.2) is 18.2 Å². The summed E-state index contributed by atoms with van der Waals surface area (Å²) in [6.07, 6.45) is 2.05. The van der Waals surface area contributed by atoms with Crippen LogP contribution in [0.1, 0.15) is 24.7 Å². The van der Waals surface area contributed by atoms with Gasteiger partial charge in [-0.25, -0.2) is 4.98 Å². The van der Waals surface area contributed by atoms with Crippen molar-refractivity contribution in [3.8, 4) is 0 Å². The van der Waals surface area contributed by atoms with Crippen LogP contribution in [0, 0.1) is 12.8 Å². The van der Waals surface area contributed by atoms with E-state index < -0.39 is 0 Å². The molecule has 3 heteroatoms. The van der Waals surface area contributed by atoms with Crippen molar-refractivity contribution in [3.63, 3.8) is 0 Å². The zero-order chi connectivity index (χ0) is 11.5. The fraction of sp³-hybridized carbons (Fsp3) is 0.462. The molecule has 1 heterocycles. The van der Waals surface area contributed by atoms with Crippen LogP contribution in [0.25, 0.3) is 11.0 Å². The summed E-state index contributed by atoms with van der Waals surface area (Å²) in [6, 6.07) is 6.22. The van der Waals surface area contributed by atoms with Crippen LogP contribution in [0.5, 0.6) is 0 Å². The minimum Gasteiger partial charge on any atom is -0.342 e. The van der Waals surface area contributed by atoms with Crippen LogP contribution < -0.4 is 5.73 Å². The molecule has 0 radical (unpaired) electrons. The van der Waals surface area contributed by atoms with Gasteiger partial charge in [0.15, 0.2) is 0 Å². The summed E-state index contributed by atoms with van der Waals surface area (Å²) in [5.74, 6) is 1.59. The molecule has 0 aliphatic rings. The SMILES string of the molecule is CCC(CN)Cc1nc2c(C)cccc2[nH]1. The molecule has 0 saturated carbocycles. The van der Waals surface area contributed by atoms with Crippen LogP contribution in [-0.2, 0) is 6.42 Å². The molecule has 1 aromatic carbocycles. The fourth-order valence-corrected chi connectivity index (χ4v) is 1.99. The Bertz CT molecular complexity index is 469. The summed E-state index contributed by atoms with van der Waals surface area (Å²) >= 11 is 0. The highest BCUT2D eigenvalue weighted by Gasteiger charge is 2.09. The maximum atomic E-state index is 5.71. The summed E-state index contributed by atoms with van der Waals surface area (Å²) in [6.45, 7) is 4.99. The lowest BCUT2D eigenvalue weighted by atomic mass is 10.0. The van der Waals surface area contributed by atoms with Gasteiger partial charge in [-0.15, -0.1) is 0 Å². The zero-order valence-electron chi connectivity index (χ0n) is 9.96. The zero-order valence-corrected chi connectivity index (χ0v) is 9.96. The van der Waals surface area contributed by atoms with Crippen molar-refractivity contribution < 1.29 is 0 Å². The molecular formula is C13H19N3. The number of benzene rings is 1. The summed E-state index contributed by atoms with van der Waals surface area (Å²) < 4.78 is 0. The van der Waals surface area contributed by atoms with Gasteiger partial charge in [-0.3, -0.25) is 0 Å². The number of H-pyrrole nitrogens is 1. The molecule has 1 atom stereocenters. The molecule has 0 fully saturated rings. The van der Waals surface area contributed by atoms with E-state index in [2.05, 4.69) is 42.0 Å². The highest BCUT2D eigenvalue weighted by Crippen LogP contribution is 2.17. The number of nitrogens with one attached hydrogen (secondary N) is 1. The molecule has 1 aromatic heterocycles. The number of para-hydroxylation sites is 1. The normalized spacial score (nSPS) is 13.2. The van der Waals surface area contributed by atoms with Gasteiger partial charge in [0.05, 0.1) is 11.0 Å². The topological polar surface area (TPSA) is 54.7 Å². The van der Waals surface area contributed by atoms with E-state index in [1.807, 2.05) is 0 Å². The molecule has 0 saturated heterocycles. The number of nitrogens with two attached hydrogens (primary N) is 1. The third-order valence-electron chi connectivity index (χ3n) is 3.16. The quantitative estimate of drug-likeness (QED) is 0.826. The first-order chi connectivity index (χ1) is 7.74. The van der Waals surface area contributed by atoms with Crippen molar-refractivity contribution in [2.45, 2.75) is 26.7 Å². The molecule has 1 unspecified atom stereocenters. The van der Waals surface area contributed by atoms with Gasteiger partial charge in [-0.1, -0.05) is 25.5 Å². The second-order valence-corrected chi connectivity index (χ2v) is 4.37. The molecule has 3 nitrogen and oxygen atoms in total. The van der Waals surface area contributed by atoms with Gasteiger partial charge in [0.1, 0.15) is 5.82 Å². The van der Waals surface area contributed by atoms with E-state index in [4.69, 9.17) is 5.73 Å². The van der Waals surface area contributed by atoms with Gasteiger partial charge in [0.25, 0.3) is 0 Å². The molecule has 3 N–H and O–H groups in total. The summed E-state index contributed by atoms with van der Waals surface area (Å²) in [5.41, 5.74) is 9.15. The standard InChI is InChI=1S/C13H19N3/c1-3-10(8-14)7-12-15-11-6-4-5-9(2)13(11)16-12/h4-6,10H,3,7-8,14H2,1-2H3,(H,15,16). The molecule has 0 amide bonds. The van der Waals surface area contributed by atoms with E-state index in [9.17, 15) is 0 Å². The molecule has 0 bridgehead atoms. The van der Waals surface area contributed by atoms with Crippen LogP contribution in [0.2, 0.25) is 0 Å². The minimum absolute atomic E-state index is 0.529. The Morgan fingerprint density at radius 1 is 1.44 bits per heavy atom. The Morgan fingerprint density at radius 2 is 2.25 bits per heavy atom. The van der Waals surface area contributed by atoms with Crippen LogP contribution in [-0.4, -0.2) is 16.5 Å². The fourth-order valence-electron chi connectivity index (χ4n) is 1.99. The van der Waals surface area contributed by atoms with E-state index in [1.165, 1.54) is 5.56 Å². The summed E-state index contributed by atoms with van der Waals surface area (Å²) in [5, 5.41) is 0. The van der Waals surface area contributed by atoms with Crippen molar-refractivity contribution in [2.75, 3.05) is 6.54 Å². The third-order valence-corrected chi connectivity index (χ3v) is 3.16. The van der Waals surface area contributed by atoms with Crippen molar-refractivity contribution in [2.24, 2.45) is 11.7 Å². The second-order valence-electron chi connectivity index (χ2n) is 4.37. The number of nitrogens with zero attached hydrogens (tertiary/aromatic N) is 1. The number of hydrogen-bond acceptors (Lipinski definition) is 2. The molecule has 2 aromatic rings.